The van der Waals surface area contributed by atoms with Gasteiger partial charge in [0.15, 0.2) is 0 Å². The maximum atomic E-state index is 13.2. The summed E-state index contributed by atoms with van der Waals surface area (Å²) in [6.45, 7) is 0.344. The molecule has 0 radical (unpaired) electrons. The number of carbonyl (C=O) groups is 1. The van der Waals surface area contributed by atoms with E-state index in [4.69, 9.17) is 5.73 Å². The first-order valence-corrected chi connectivity index (χ1v) is 10.9. The van der Waals surface area contributed by atoms with Crippen molar-refractivity contribution in [2.75, 3.05) is 12.3 Å². The molecule has 4 rings (SSSR count). The fourth-order valence-corrected chi connectivity index (χ4v) is 4.01. The van der Waals surface area contributed by atoms with Crippen LogP contribution in [0.5, 0.6) is 0 Å². The summed E-state index contributed by atoms with van der Waals surface area (Å²) in [7, 11) is 0. The highest BCUT2D eigenvalue weighted by Gasteiger charge is 2.17. The lowest BCUT2D eigenvalue weighted by Gasteiger charge is -2.03. The van der Waals surface area contributed by atoms with Gasteiger partial charge >= 0.3 is 0 Å². The van der Waals surface area contributed by atoms with Gasteiger partial charge in [0.25, 0.3) is 5.91 Å². The second-order valence-corrected chi connectivity index (χ2v) is 7.97. The number of anilines is 1. The van der Waals surface area contributed by atoms with Crippen LogP contribution in [0.25, 0.3) is 16.3 Å². The standard InChI is InChI=1S/C23H18F2N6OS/c24-15-5-3-14(4-6-15)23-29-20(13-33-23)22(32)28-11-1-2-19-18(12-26)21(27)31(30-19)17-9-7-16(25)8-10-17/h3-10,13H,1-2,11,27H2,(H,28,32). The Morgan fingerprint density at radius 3 is 2.45 bits per heavy atom. The molecular weight excluding hydrogens is 446 g/mol. The van der Waals surface area contributed by atoms with E-state index < -0.39 is 0 Å². The van der Waals surface area contributed by atoms with E-state index >= 15 is 0 Å². The first-order valence-electron chi connectivity index (χ1n) is 9.99. The lowest BCUT2D eigenvalue weighted by molar-refractivity contribution is 0.0949. The molecule has 2 heterocycles. The number of nitrogens with zero attached hydrogens (tertiary/aromatic N) is 4. The zero-order chi connectivity index (χ0) is 23.4. The van der Waals surface area contributed by atoms with Crippen LogP contribution < -0.4 is 11.1 Å². The van der Waals surface area contributed by atoms with Crippen LogP contribution in [0.15, 0.2) is 53.9 Å². The SMILES string of the molecule is N#Cc1c(CCCNC(=O)c2csc(-c3ccc(F)cc3)n2)nn(-c2ccc(F)cc2)c1N. The van der Waals surface area contributed by atoms with Crippen molar-refractivity contribution >= 4 is 23.1 Å². The third-order valence-electron chi connectivity index (χ3n) is 4.88. The summed E-state index contributed by atoms with van der Waals surface area (Å²) in [4.78, 5) is 16.7. The monoisotopic (exact) mass is 464 g/mol. The Morgan fingerprint density at radius 2 is 1.79 bits per heavy atom. The maximum Gasteiger partial charge on any atom is 0.270 e. The number of aryl methyl sites for hydroxylation is 1. The second-order valence-electron chi connectivity index (χ2n) is 7.11. The molecule has 0 aliphatic carbocycles. The van der Waals surface area contributed by atoms with Gasteiger partial charge in [0.05, 0.1) is 11.4 Å². The molecule has 0 saturated carbocycles. The molecule has 0 unspecified atom stereocenters. The summed E-state index contributed by atoms with van der Waals surface area (Å²) < 4.78 is 27.7. The molecule has 3 N–H and O–H groups in total. The largest absolute Gasteiger partial charge is 0.382 e. The summed E-state index contributed by atoms with van der Waals surface area (Å²) in [6.07, 6.45) is 0.939. The molecule has 2 aromatic carbocycles. The van der Waals surface area contributed by atoms with Crippen molar-refractivity contribution < 1.29 is 13.6 Å². The average Bonchev–Trinajstić information content (AvgIpc) is 3.43. The molecule has 2 aromatic heterocycles. The molecule has 1 amide bonds. The Hall–Kier alpha value is -4.10. The van der Waals surface area contributed by atoms with Crippen molar-refractivity contribution in [3.8, 4) is 22.3 Å². The molecule has 7 nitrogen and oxygen atoms in total. The predicted molar refractivity (Wildman–Crippen MR) is 121 cm³/mol. The summed E-state index contributed by atoms with van der Waals surface area (Å²) in [5, 5.41) is 18.9. The predicted octanol–water partition coefficient (Wildman–Crippen LogP) is 4.09. The van der Waals surface area contributed by atoms with Crippen LogP contribution in [-0.4, -0.2) is 27.2 Å². The lowest BCUT2D eigenvalue weighted by Crippen LogP contribution is -2.25. The minimum atomic E-state index is -0.383. The van der Waals surface area contributed by atoms with Crippen LogP contribution in [0.4, 0.5) is 14.6 Å². The van der Waals surface area contributed by atoms with Gasteiger partial charge in [-0.25, -0.2) is 18.4 Å². The molecule has 33 heavy (non-hydrogen) atoms. The molecule has 4 aromatic rings. The number of nitrogens with two attached hydrogens (primary N) is 1. The lowest BCUT2D eigenvalue weighted by atomic mass is 10.1. The van der Waals surface area contributed by atoms with Crippen LogP contribution in [0.2, 0.25) is 0 Å². The molecule has 0 spiro atoms. The van der Waals surface area contributed by atoms with Crippen molar-refractivity contribution in [1.82, 2.24) is 20.1 Å². The van der Waals surface area contributed by atoms with E-state index in [0.29, 0.717) is 35.8 Å². The van der Waals surface area contributed by atoms with Crippen LogP contribution in [-0.2, 0) is 6.42 Å². The minimum Gasteiger partial charge on any atom is -0.382 e. The Balaban J connectivity index is 1.36. The van der Waals surface area contributed by atoms with Gasteiger partial charge in [-0.15, -0.1) is 11.3 Å². The number of thiazole rings is 1. The Kier molecular flexibility index (Phi) is 6.42. The first-order chi connectivity index (χ1) is 16.0. The number of hydrogen-bond donors (Lipinski definition) is 2. The van der Waals surface area contributed by atoms with Crippen molar-refractivity contribution in [2.24, 2.45) is 0 Å². The molecule has 0 saturated heterocycles. The zero-order valence-corrected chi connectivity index (χ0v) is 18.1. The quantitative estimate of drug-likeness (QED) is 0.401. The second kappa shape index (κ2) is 9.58. The number of nitrogens with one attached hydrogen (secondary N) is 1. The molecule has 0 fully saturated rings. The van der Waals surface area contributed by atoms with Crippen LogP contribution in [0, 0.1) is 23.0 Å². The highest BCUT2D eigenvalue weighted by molar-refractivity contribution is 7.13. The van der Waals surface area contributed by atoms with Crippen molar-refractivity contribution in [2.45, 2.75) is 12.8 Å². The summed E-state index contributed by atoms with van der Waals surface area (Å²) in [5.74, 6) is -0.863. The van der Waals surface area contributed by atoms with Gasteiger partial charge in [-0.1, -0.05) is 0 Å². The number of rotatable bonds is 7. The topological polar surface area (TPSA) is 110 Å². The molecule has 166 valence electrons. The van der Waals surface area contributed by atoms with Crippen molar-refractivity contribution in [3.63, 3.8) is 0 Å². The van der Waals surface area contributed by atoms with Gasteiger partial charge in [-0.2, -0.15) is 10.4 Å². The zero-order valence-electron chi connectivity index (χ0n) is 17.3. The molecule has 0 aliphatic rings. The third kappa shape index (κ3) is 4.88. The van der Waals surface area contributed by atoms with E-state index in [1.54, 1.807) is 17.5 Å². The van der Waals surface area contributed by atoms with Crippen LogP contribution in [0.1, 0.15) is 28.2 Å². The Labute approximate surface area is 192 Å². The molecule has 10 heteroatoms. The first kappa shape index (κ1) is 22.1. The van der Waals surface area contributed by atoms with Gasteiger partial charge < -0.3 is 11.1 Å². The Bertz CT molecular complexity index is 1320. The van der Waals surface area contributed by atoms with E-state index in [1.165, 1.54) is 52.4 Å². The van der Waals surface area contributed by atoms with E-state index in [2.05, 4.69) is 21.5 Å². The van der Waals surface area contributed by atoms with Crippen molar-refractivity contribution in [3.05, 3.63) is 82.5 Å². The minimum absolute atomic E-state index is 0.180. The normalized spacial score (nSPS) is 10.7. The third-order valence-corrected chi connectivity index (χ3v) is 5.77. The molecule has 0 aliphatic heterocycles. The van der Waals surface area contributed by atoms with Crippen molar-refractivity contribution in [1.29, 1.82) is 5.26 Å². The fraction of sp³-hybridized carbons (Fsp3) is 0.130. The molecular formula is C23H18F2N6OS. The Morgan fingerprint density at radius 1 is 1.12 bits per heavy atom. The molecule has 0 bridgehead atoms. The van der Waals surface area contributed by atoms with Gasteiger partial charge in [-0.05, 0) is 61.4 Å². The molecule has 0 atom stereocenters. The fourth-order valence-electron chi connectivity index (χ4n) is 3.21. The highest BCUT2D eigenvalue weighted by Crippen LogP contribution is 2.24. The number of carbonyl (C=O) groups excluding carboxylic acids is 1. The van der Waals surface area contributed by atoms with Gasteiger partial charge in [0.1, 0.15) is 39.8 Å². The number of hydrogen-bond acceptors (Lipinski definition) is 6. The average molecular weight is 465 g/mol. The summed E-state index contributed by atoms with van der Waals surface area (Å²) in [5.41, 5.74) is 8.38. The number of benzene rings is 2. The van der Waals surface area contributed by atoms with Gasteiger partial charge in [-0.3, -0.25) is 4.79 Å². The number of nitrogen functional groups attached to an aromatic ring is 1. The summed E-state index contributed by atoms with van der Waals surface area (Å²) in [6, 6.07) is 13.6. The highest BCUT2D eigenvalue weighted by atomic mass is 32.1. The number of nitriles is 1. The van der Waals surface area contributed by atoms with Crippen LogP contribution in [0.3, 0.4) is 0 Å². The van der Waals surface area contributed by atoms with E-state index in [9.17, 15) is 18.8 Å². The number of amides is 1. The number of aromatic nitrogens is 3. The van der Waals surface area contributed by atoms with Gasteiger partial charge in [0, 0.05) is 17.5 Å². The summed E-state index contributed by atoms with van der Waals surface area (Å²) >= 11 is 1.30. The maximum absolute atomic E-state index is 13.2. The van der Waals surface area contributed by atoms with E-state index in [0.717, 1.165) is 5.56 Å². The van der Waals surface area contributed by atoms with Crippen LogP contribution >= 0.6 is 11.3 Å². The smallest absolute Gasteiger partial charge is 0.270 e. The van der Waals surface area contributed by atoms with Gasteiger partial charge in [0.2, 0.25) is 0 Å². The van der Waals surface area contributed by atoms with E-state index in [-0.39, 0.29) is 34.6 Å². The number of halogens is 2. The van der Waals surface area contributed by atoms with E-state index in [1.807, 2.05) is 0 Å².